The fourth-order valence-electron chi connectivity index (χ4n) is 3.26. The standard InChI is InChI=1S/C20H23FN4O2/c1-12(2)24-9-10-25-19(14(24)4)23-17(18(26)20(25)27)13(3)22-11-15-5-7-16(21)8-6-15/h5-8,14,22,26H,1,3,9-11H2,2,4H3. The van der Waals surface area contributed by atoms with Gasteiger partial charge in [0, 0.05) is 25.3 Å². The lowest BCUT2D eigenvalue weighted by Crippen LogP contribution is -2.41. The summed E-state index contributed by atoms with van der Waals surface area (Å²) < 4.78 is 14.5. The van der Waals surface area contributed by atoms with Crippen LogP contribution in [0.15, 0.2) is 47.9 Å². The van der Waals surface area contributed by atoms with Crippen LogP contribution in [-0.4, -0.2) is 26.1 Å². The Kier molecular flexibility index (Phi) is 5.03. The second kappa shape index (κ2) is 7.26. The highest BCUT2D eigenvalue weighted by Crippen LogP contribution is 2.28. The molecule has 2 aromatic rings. The first kappa shape index (κ1) is 18.7. The van der Waals surface area contributed by atoms with Gasteiger partial charge in [0.2, 0.25) is 5.75 Å². The molecule has 0 fully saturated rings. The number of aromatic nitrogens is 2. The summed E-state index contributed by atoms with van der Waals surface area (Å²) >= 11 is 0. The highest BCUT2D eigenvalue weighted by atomic mass is 19.1. The highest BCUT2D eigenvalue weighted by molar-refractivity contribution is 5.63. The summed E-state index contributed by atoms with van der Waals surface area (Å²) in [7, 11) is 0. The van der Waals surface area contributed by atoms with Gasteiger partial charge in [-0.1, -0.05) is 25.3 Å². The molecular formula is C20H23FN4O2. The van der Waals surface area contributed by atoms with E-state index >= 15 is 0 Å². The Bertz CT molecular complexity index is 950. The van der Waals surface area contributed by atoms with Gasteiger partial charge in [0.05, 0.1) is 11.7 Å². The Balaban J connectivity index is 1.88. The Hall–Kier alpha value is -3.09. The third-order valence-corrected chi connectivity index (χ3v) is 4.78. The molecule has 2 heterocycles. The first-order chi connectivity index (χ1) is 12.8. The third-order valence-electron chi connectivity index (χ3n) is 4.78. The number of nitrogens with one attached hydrogen (secondary N) is 1. The van der Waals surface area contributed by atoms with Crippen molar-refractivity contribution < 1.29 is 9.50 Å². The summed E-state index contributed by atoms with van der Waals surface area (Å²) in [6.07, 6.45) is 0. The summed E-state index contributed by atoms with van der Waals surface area (Å²) in [5, 5.41) is 13.4. The van der Waals surface area contributed by atoms with Crippen molar-refractivity contribution in [3.05, 3.63) is 76.4 Å². The summed E-state index contributed by atoms with van der Waals surface area (Å²) in [6, 6.07) is 5.89. The van der Waals surface area contributed by atoms with Gasteiger partial charge in [-0.2, -0.15) is 0 Å². The highest BCUT2D eigenvalue weighted by Gasteiger charge is 2.28. The summed E-state index contributed by atoms with van der Waals surface area (Å²) in [5.41, 5.74) is 1.72. The lowest BCUT2D eigenvalue weighted by Gasteiger charge is -2.37. The number of allylic oxidation sites excluding steroid dienone is 1. The van der Waals surface area contributed by atoms with E-state index in [2.05, 4.69) is 28.4 Å². The summed E-state index contributed by atoms with van der Waals surface area (Å²) in [6.45, 7) is 13.2. The van der Waals surface area contributed by atoms with Crippen LogP contribution in [0.2, 0.25) is 0 Å². The topological polar surface area (TPSA) is 70.4 Å². The van der Waals surface area contributed by atoms with E-state index in [-0.39, 0.29) is 17.6 Å². The van der Waals surface area contributed by atoms with Gasteiger partial charge in [-0.15, -0.1) is 0 Å². The molecule has 7 heteroatoms. The van der Waals surface area contributed by atoms with Gasteiger partial charge in [-0.05, 0) is 31.5 Å². The number of rotatable bonds is 5. The molecular weight excluding hydrogens is 347 g/mol. The average Bonchev–Trinajstić information content (AvgIpc) is 2.64. The average molecular weight is 370 g/mol. The molecule has 0 saturated heterocycles. The van der Waals surface area contributed by atoms with E-state index in [9.17, 15) is 14.3 Å². The predicted molar refractivity (Wildman–Crippen MR) is 102 cm³/mol. The number of halogens is 1. The number of aromatic hydroxyl groups is 1. The Morgan fingerprint density at radius 1 is 1.33 bits per heavy atom. The summed E-state index contributed by atoms with van der Waals surface area (Å²) in [4.78, 5) is 19.2. The number of fused-ring (bicyclic) bond motifs is 1. The first-order valence-corrected chi connectivity index (χ1v) is 8.73. The third kappa shape index (κ3) is 3.58. The van der Waals surface area contributed by atoms with Crippen LogP contribution in [0.4, 0.5) is 4.39 Å². The fourth-order valence-corrected chi connectivity index (χ4v) is 3.26. The monoisotopic (exact) mass is 370 g/mol. The van der Waals surface area contributed by atoms with E-state index in [1.54, 1.807) is 12.1 Å². The van der Waals surface area contributed by atoms with Gasteiger partial charge in [-0.3, -0.25) is 9.36 Å². The minimum absolute atomic E-state index is 0.128. The fraction of sp³-hybridized carbons (Fsp3) is 0.300. The lowest BCUT2D eigenvalue weighted by molar-refractivity contribution is 0.207. The van der Waals surface area contributed by atoms with Gasteiger partial charge < -0.3 is 15.3 Å². The van der Waals surface area contributed by atoms with Gasteiger partial charge >= 0.3 is 0 Å². The van der Waals surface area contributed by atoms with Crippen LogP contribution in [-0.2, 0) is 13.1 Å². The van der Waals surface area contributed by atoms with Crippen molar-refractivity contribution in [1.29, 1.82) is 0 Å². The van der Waals surface area contributed by atoms with E-state index in [0.717, 1.165) is 11.3 Å². The molecule has 6 nitrogen and oxygen atoms in total. The van der Waals surface area contributed by atoms with E-state index in [4.69, 9.17) is 0 Å². The molecule has 142 valence electrons. The molecule has 1 aromatic carbocycles. The number of nitrogens with zero attached hydrogens (tertiary/aromatic N) is 3. The van der Waals surface area contributed by atoms with Crippen LogP contribution in [0.1, 0.15) is 37.0 Å². The zero-order valence-electron chi connectivity index (χ0n) is 15.5. The molecule has 0 saturated carbocycles. The number of hydrogen-bond acceptors (Lipinski definition) is 5. The molecule has 1 unspecified atom stereocenters. The molecule has 1 aromatic heterocycles. The first-order valence-electron chi connectivity index (χ1n) is 8.73. The zero-order chi connectivity index (χ0) is 19.7. The second-order valence-electron chi connectivity index (χ2n) is 6.69. The van der Waals surface area contributed by atoms with Gasteiger partial charge in [0.1, 0.15) is 17.3 Å². The molecule has 1 aliphatic rings. The molecule has 0 aliphatic carbocycles. The molecule has 0 amide bonds. The second-order valence-corrected chi connectivity index (χ2v) is 6.69. The predicted octanol–water partition coefficient (Wildman–Crippen LogP) is 2.76. The molecule has 0 radical (unpaired) electrons. The SMILES string of the molecule is C=C(NCc1ccc(F)cc1)c1nc2n(c(=O)c1O)CCN(C(=C)C)C2C. The van der Waals surface area contributed by atoms with E-state index in [1.165, 1.54) is 16.7 Å². The molecule has 0 spiro atoms. The van der Waals surface area contributed by atoms with Crippen molar-refractivity contribution in [1.82, 2.24) is 19.8 Å². The molecule has 1 aliphatic heterocycles. The summed E-state index contributed by atoms with van der Waals surface area (Å²) in [5.74, 6) is -0.172. The zero-order valence-corrected chi connectivity index (χ0v) is 15.5. The Morgan fingerprint density at radius 3 is 2.63 bits per heavy atom. The van der Waals surface area contributed by atoms with Crippen LogP contribution in [0.5, 0.6) is 5.75 Å². The van der Waals surface area contributed by atoms with Crippen LogP contribution in [0.25, 0.3) is 5.70 Å². The van der Waals surface area contributed by atoms with Crippen molar-refractivity contribution >= 4 is 5.70 Å². The smallest absolute Gasteiger partial charge is 0.296 e. The number of hydrogen-bond donors (Lipinski definition) is 2. The van der Waals surface area contributed by atoms with Crippen molar-refractivity contribution in [3.8, 4) is 5.75 Å². The largest absolute Gasteiger partial charge is 0.501 e. The van der Waals surface area contributed by atoms with E-state index in [1.807, 2.05) is 13.8 Å². The maximum Gasteiger partial charge on any atom is 0.296 e. The van der Waals surface area contributed by atoms with Gasteiger partial charge in [0.15, 0.2) is 0 Å². The minimum Gasteiger partial charge on any atom is -0.501 e. The molecule has 2 N–H and O–H groups in total. The van der Waals surface area contributed by atoms with Crippen molar-refractivity contribution in [2.75, 3.05) is 6.54 Å². The van der Waals surface area contributed by atoms with Crippen molar-refractivity contribution in [2.45, 2.75) is 33.0 Å². The molecule has 27 heavy (non-hydrogen) atoms. The quantitative estimate of drug-likeness (QED) is 0.847. The normalized spacial score (nSPS) is 16.0. The molecule has 1 atom stereocenters. The van der Waals surface area contributed by atoms with Crippen molar-refractivity contribution in [3.63, 3.8) is 0 Å². The van der Waals surface area contributed by atoms with Crippen LogP contribution < -0.4 is 10.9 Å². The minimum atomic E-state index is -0.479. The van der Waals surface area contributed by atoms with E-state index < -0.39 is 11.3 Å². The van der Waals surface area contributed by atoms with E-state index in [0.29, 0.717) is 31.2 Å². The Labute approximate surface area is 157 Å². The van der Waals surface area contributed by atoms with Gasteiger partial charge in [0.25, 0.3) is 5.56 Å². The Morgan fingerprint density at radius 2 is 2.00 bits per heavy atom. The molecule has 0 bridgehead atoms. The molecule has 3 rings (SSSR count). The van der Waals surface area contributed by atoms with Crippen LogP contribution in [0.3, 0.4) is 0 Å². The lowest BCUT2D eigenvalue weighted by atomic mass is 10.1. The van der Waals surface area contributed by atoms with Crippen LogP contribution in [0, 0.1) is 5.82 Å². The van der Waals surface area contributed by atoms with Gasteiger partial charge in [-0.25, -0.2) is 9.37 Å². The maximum atomic E-state index is 13.0. The van der Waals surface area contributed by atoms with Crippen LogP contribution >= 0.6 is 0 Å². The maximum absolute atomic E-state index is 13.0. The van der Waals surface area contributed by atoms with Crippen molar-refractivity contribution in [2.24, 2.45) is 0 Å². The number of benzene rings is 1.